The molecule has 0 bridgehead atoms. The third kappa shape index (κ3) is 4.08. The summed E-state index contributed by atoms with van der Waals surface area (Å²) in [5, 5.41) is 3.29. The summed E-state index contributed by atoms with van der Waals surface area (Å²) in [5.74, 6) is 1.49. The predicted molar refractivity (Wildman–Crippen MR) is 126 cm³/mol. The van der Waals surface area contributed by atoms with Crippen LogP contribution in [0.25, 0.3) is 0 Å². The van der Waals surface area contributed by atoms with E-state index in [0.717, 1.165) is 11.3 Å². The van der Waals surface area contributed by atoms with Crippen LogP contribution in [0.1, 0.15) is 19.4 Å². The number of para-hydroxylation sites is 1. The van der Waals surface area contributed by atoms with Crippen molar-refractivity contribution in [3.63, 3.8) is 0 Å². The third-order valence-electron chi connectivity index (χ3n) is 5.15. The molecule has 0 radical (unpaired) electrons. The van der Waals surface area contributed by atoms with E-state index in [1.165, 1.54) is 18.9 Å². The van der Waals surface area contributed by atoms with Gasteiger partial charge in [-0.2, -0.15) is 0 Å². The molecule has 32 heavy (non-hydrogen) atoms. The molecule has 0 aliphatic carbocycles. The average molecular weight is 453 g/mol. The summed E-state index contributed by atoms with van der Waals surface area (Å²) in [7, 11) is 3.09. The van der Waals surface area contributed by atoms with Gasteiger partial charge >= 0.3 is 0 Å². The molecule has 0 aromatic heterocycles. The van der Waals surface area contributed by atoms with Crippen LogP contribution in [0.15, 0.2) is 52.4 Å². The van der Waals surface area contributed by atoms with E-state index in [2.05, 4.69) is 15.3 Å². The molecule has 1 atom stereocenters. The number of fused-ring (bicyclic) bond motifs is 3. The van der Waals surface area contributed by atoms with Gasteiger partial charge in [0.15, 0.2) is 5.17 Å². The highest BCUT2D eigenvalue weighted by Crippen LogP contribution is 2.35. The summed E-state index contributed by atoms with van der Waals surface area (Å²) in [4.78, 5) is 36.6. The molecule has 4 rings (SSSR count). The number of amides is 2. The largest absolute Gasteiger partial charge is 0.497 e. The number of methoxy groups -OCH3 is 2. The van der Waals surface area contributed by atoms with Crippen LogP contribution in [0.2, 0.25) is 0 Å². The van der Waals surface area contributed by atoms with Gasteiger partial charge in [0.25, 0.3) is 5.91 Å². The molecule has 0 spiro atoms. The lowest BCUT2D eigenvalue weighted by atomic mass is 10.1. The molecule has 0 unspecified atom stereocenters. The summed E-state index contributed by atoms with van der Waals surface area (Å²) >= 11 is 1.20. The molecule has 2 aliphatic heterocycles. The minimum Gasteiger partial charge on any atom is -0.497 e. The maximum atomic E-state index is 13.1. The maximum absolute atomic E-state index is 13.1. The molecule has 8 nitrogen and oxygen atoms in total. The Balaban J connectivity index is 1.53. The molecule has 9 heteroatoms. The topological polar surface area (TPSA) is 92.6 Å². The van der Waals surface area contributed by atoms with Crippen molar-refractivity contribution in [2.45, 2.75) is 19.9 Å². The molecule has 0 saturated heterocycles. The molecule has 0 saturated carbocycles. The Kier molecular flexibility index (Phi) is 6.18. The lowest BCUT2D eigenvalue weighted by Crippen LogP contribution is -2.42. The van der Waals surface area contributed by atoms with Gasteiger partial charge in [-0.05, 0) is 30.2 Å². The van der Waals surface area contributed by atoms with Crippen molar-refractivity contribution in [1.82, 2.24) is 4.90 Å². The Labute approximate surface area is 190 Å². The van der Waals surface area contributed by atoms with E-state index in [-0.39, 0.29) is 23.5 Å². The third-order valence-corrected chi connectivity index (χ3v) is 6.08. The lowest BCUT2D eigenvalue weighted by Gasteiger charge is -2.25. The van der Waals surface area contributed by atoms with Crippen molar-refractivity contribution >= 4 is 46.0 Å². The minimum atomic E-state index is -0.459. The number of thioether (sulfide) groups is 1. The number of ether oxygens (including phenoxy) is 2. The molecule has 2 amide bonds. The van der Waals surface area contributed by atoms with Crippen LogP contribution in [-0.4, -0.2) is 53.7 Å². The summed E-state index contributed by atoms with van der Waals surface area (Å²) in [6, 6.07) is 12.3. The average Bonchev–Trinajstić information content (AvgIpc) is 3.15. The van der Waals surface area contributed by atoms with Crippen molar-refractivity contribution in [2.24, 2.45) is 15.9 Å². The predicted octanol–water partition coefficient (Wildman–Crippen LogP) is 3.69. The Bertz CT molecular complexity index is 1130. The number of amidine groups is 2. The number of carbonyl (C=O) groups excluding carboxylic acids is 2. The van der Waals surface area contributed by atoms with E-state index < -0.39 is 6.04 Å². The van der Waals surface area contributed by atoms with Gasteiger partial charge in [-0.1, -0.05) is 37.7 Å². The zero-order chi connectivity index (χ0) is 22.8. The summed E-state index contributed by atoms with van der Waals surface area (Å²) < 4.78 is 10.5. The zero-order valence-electron chi connectivity index (χ0n) is 18.3. The first-order valence-corrected chi connectivity index (χ1v) is 11.2. The van der Waals surface area contributed by atoms with Crippen LogP contribution in [-0.2, 0) is 9.59 Å². The number of aliphatic imine (C=N–C) groups is 2. The number of nitrogens with one attached hydrogen (secondary N) is 1. The Morgan fingerprint density at radius 3 is 2.69 bits per heavy atom. The Morgan fingerprint density at radius 2 is 1.97 bits per heavy atom. The lowest BCUT2D eigenvalue weighted by molar-refractivity contribution is -0.125. The fourth-order valence-corrected chi connectivity index (χ4v) is 4.32. The molecule has 0 fully saturated rings. The van der Waals surface area contributed by atoms with E-state index in [1.807, 2.05) is 38.1 Å². The highest BCUT2D eigenvalue weighted by Gasteiger charge is 2.42. The fourth-order valence-electron chi connectivity index (χ4n) is 3.52. The van der Waals surface area contributed by atoms with Crippen molar-refractivity contribution < 1.29 is 19.1 Å². The van der Waals surface area contributed by atoms with E-state index >= 15 is 0 Å². The van der Waals surface area contributed by atoms with Crippen LogP contribution in [0, 0.1) is 5.92 Å². The Morgan fingerprint density at radius 1 is 1.19 bits per heavy atom. The van der Waals surface area contributed by atoms with Crippen LogP contribution < -0.4 is 14.8 Å². The number of nitrogens with zero attached hydrogens (tertiary/aromatic N) is 3. The summed E-state index contributed by atoms with van der Waals surface area (Å²) in [6.45, 7) is 3.94. The minimum absolute atomic E-state index is 0.0600. The maximum Gasteiger partial charge on any atom is 0.259 e. The standard InChI is InChI=1S/C23H24N4O4S/c1-13(2)20-22(29)27-21(26-20)15-7-5-6-8-16(15)25-23(27)32-12-19(28)24-17-10-9-14(30-3)11-18(17)31-4/h5-11,13,20H,12H2,1-4H3,(H,24,28)/t20-/m1/s1. The number of hydrogen-bond acceptors (Lipinski definition) is 7. The smallest absolute Gasteiger partial charge is 0.259 e. The molecular weight excluding hydrogens is 428 g/mol. The zero-order valence-corrected chi connectivity index (χ0v) is 19.1. The van der Waals surface area contributed by atoms with Gasteiger partial charge in [0.1, 0.15) is 23.4 Å². The van der Waals surface area contributed by atoms with Gasteiger partial charge < -0.3 is 14.8 Å². The van der Waals surface area contributed by atoms with E-state index in [4.69, 9.17) is 9.47 Å². The molecule has 2 aromatic carbocycles. The molecule has 1 N–H and O–H groups in total. The van der Waals surface area contributed by atoms with Gasteiger partial charge in [0, 0.05) is 11.6 Å². The van der Waals surface area contributed by atoms with E-state index in [1.54, 1.807) is 30.2 Å². The number of benzene rings is 2. The fraction of sp³-hybridized carbons (Fsp3) is 0.304. The Hall–Kier alpha value is -3.33. The van der Waals surface area contributed by atoms with Gasteiger partial charge in [-0.3, -0.25) is 14.6 Å². The van der Waals surface area contributed by atoms with Crippen LogP contribution in [0.4, 0.5) is 11.4 Å². The van der Waals surface area contributed by atoms with Crippen LogP contribution >= 0.6 is 11.8 Å². The van der Waals surface area contributed by atoms with Crippen molar-refractivity contribution in [3.8, 4) is 11.5 Å². The molecular formula is C23H24N4O4S. The van der Waals surface area contributed by atoms with Gasteiger partial charge in [-0.25, -0.2) is 9.89 Å². The molecule has 2 aliphatic rings. The second-order valence-corrected chi connectivity index (χ2v) is 8.57. The van der Waals surface area contributed by atoms with Gasteiger partial charge in [0.05, 0.1) is 31.3 Å². The first-order valence-electron chi connectivity index (χ1n) is 10.2. The highest BCUT2D eigenvalue weighted by atomic mass is 32.2. The second-order valence-electron chi connectivity index (χ2n) is 7.63. The van der Waals surface area contributed by atoms with Gasteiger partial charge in [0.2, 0.25) is 5.91 Å². The molecule has 2 aromatic rings. The first-order chi connectivity index (χ1) is 15.4. The van der Waals surface area contributed by atoms with Crippen molar-refractivity contribution in [3.05, 3.63) is 48.0 Å². The van der Waals surface area contributed by atoms with Gasteiger partial charge in [-0.15, -0.1) is 0 Å². The quantitative estimate of drug-likeness (QED) is 0.722. The number of anilines is 1. The normalized spacial score (nSPS) is 16.8. The van der Waals surface area contributed by atoms with E-state index in [9.17, 15) is 9.59 Å². The van der Waals surface area contributed by atoms with Crippen molar-refractivity contribution in [1.29, 1.82) is 0 Å². The van der Waals surface area contributed by atoms with Crippen LogP contribution in [0.3, 0.4) is 0 Å². The highest BCUT2D eigenvalue weighted by molar-refractivity contribution is 8.14. The van der Waals surface area contributed by atoms with Crippen LogP contribution in [0.5, 0.6) is 11.5 Å². The van der Waals surface area contributed by atoms with E-state index in [0.29, 0.717) is 28.2 Å². The SMILES string of the molecule is COc1ccc(NC(=O)CSC2=Nc3ccccc3C3=N[C@H](C(C)C)C(=O)N23)c(OC)c1. The molecule has 166 valence electrons. The number of hydrogen-bond donors (Lipinski definition) is 1. The summed E-state index contributed by atoms with van der Waals surface area (Å²) in [5.41, 5.74) is 2.09. The summed E-state index contributed by atoms with van der Waals surface area (Å²) in [6.07, 6.45) is 0. The number of rotatable bonds is 6. The first kappa shape index (κ1) is 21.9. The number of carbonyl (C=O) groups is 2. The molecule has 2 heterocycles. The monoisotopic (exact) mass is 452 g/mol. The van der Waals surface area contributed by atoms with Crippen molar-refractivity contribution in [2.75, 3.05) is 25.3 Å². The second kappa shape index (κ2) is 9.04.